The normalized spacial score (nSPS) is 13.3. The standard InChI is InChI=1S/C39H66O4/c1-3-5-7-9-11-13-15-17-19-20-21-22-24-26-28-30-32-34-39(41)43-38(36-40)37-42-35-33-31-29-27-25-23-18-16-14-12-10-8-6-4-2/h5,7-8,10-11,13-14,16-17,19,21-22,38,40H,3-4,6,9,12,15,18,20,23-37H2,1-2H3/b7-5-,10-8-,13-11-,16-14-,19-17-,22-21-. The highest BCUT2D eigenvalue weighted by atomic mass is 16.6. The van der Waals surface area contributed by atoms with Crippen molar-refractivity contribution in [2.24, 2.45) is 0 Å². The summed E-state index contributed by atoms with van der Waals surface area (Å²) in [7, 11) is 0. The molecule has 0 spiro atoms. The van der Waals surface area contributed by atoms with Gasteiger partial charge in [0.1, 0.15) is 6.10 Å². The maximum absolute atomic E-state index is 12.1. The molecule has 4 heteroatoms. The summed E-state index contributed by atoms with van der Waals surface area (Å²) in [5, 5.41) is 9.54. The largest absolute Gasteiger partial charge is 0.457 e. The van der Waals surface area contributed by atoms with Gasteiger partial charge in [0.05, 0.1) is 13.2 Å². The minimum Gasteiger partial charge on any atom is -0.457 e. The molecular weight excluding hydrogens is 532 g/mol. The first-order valence-electron chi connectivity index (χ1n) is 17.5. The van der Waals surface area contributed by atoms with Crippen LogP contribution in [0.25, 0.3) is 0 Å². The summed E-state index contributed by atoms with van der Waals surface area (Å²) in [5.74, 6) is -0.232. The monoisotopic (exact) mass is 598 g/mol. The van der Waals surface area contributed by atoms with Crippen molar-refractivity contribution < 1.29 is 19.4 Å². The van der Waals surface area contributed by atoms with Crippen LogP contribution in [-0.4, -0.2) is 37.0 Å². The summed E-state index contributed by atoms with van der Waals surface area (Å²) in [4.78, 5) is 12.1. The molecule has 1 atom stereocenters. The van der Waals surface area contributed by atoms with Crippen molar-refractivity contribution in [3.05, 3.63) is 72.9 Å². The molecule has 4 nitrogen and oxygen atoms in total. The number of hydrogen-bond acceptors (Lipinski definition) is 4. The number of unbranched alkanes of at least 4 members (excludes halogenated alkanes) is 11. The van der Waals surface area contributed by atoms with Gasteiger partial charge in [0.15, 0.2) is 0 Å². The number of ether oxygens (including phenoxy) is 2. The predicted octanol–water partition coefficient (Wildman–Crippen LogP) is 11.1. The Morgan fingerprint density at radius 2 is 1.05 bits per heavy atom. The molecule has 0 rings (SSSR count). The van der Waals surface area contributed by atoms with Gasteiger partial charge in [0.25, 0.3) is 0 Å². The van der Waals surface area contributed by atoms with Crippen LogP contribution in [0.1, 0.15) is 142 Å². The number of esters is 1. The summed E-state index contributed by atoms with van der Waals surface area (Å²) in [6.07, 6.45) is 47.9. The molecule has 0 heterocycles. The molecule has 43 heavy (non-hydrogen) atoms. The molecule has 0 aliphatic rings. The Kier molecular flexibility index (Phi) is 34.2. The average Bonchev–Trinajstić information content (AvgIpc) is 3.01. The zero-order chi connectivity index (χ0) is 31.3. The summed E-state index contributed by atoms with van der Waals surface area (Å²) in [5.41, 5.74) is 0. The van der Waals surface area contributed by atoms with Crippen LogP contribution in [0.3, 0.4) is 0 Å². The molecule has 0 aromatic rings. The molecule has 0 aromatic carbocycles. The Hall–Kier alpha value is -2.17. The summed E-state index contributed by atoms with van der Waals surface area (Å²) < 4.78 is 11.1. The van der Waals surface area contributed by atoms with E-state index in [2.05, 4.69) is 86.8 Å². The van der Waals surface area contributed by atoms with E-state index in [-0.39, 0.29) is 19.2 Å². The molecule has 1 unspecified atom stereocenters. The Bertz CT molecular complexity index is 759. The molecule has 0 amide bonds. The van der Waals surface area contributed by atoms with E-state index in [1.54, 1.807) is 0 Å². The third-order valence-corrected chi connectivity index (χ3v) is 7.00. The highest BCUT2D eigenvalue weighted by molar-refractivity contribution is 5.69. The molecule has 0 fully saturated rings. The molecular formula is C39H66O4. The second kappa shape index (κ2) is 36.0. The number of rotatable bonds is 31. The first kappa shape index (κ1) is 40.8. The van der Waals surface area contributed by atoms with Crippen LogP contribution in [0.5, 0.6) is 0 Å². The van der Waals surface area contributed by atoms with Crippen molar-refractivity contribution >= 4 is 5.97 Å². The number of allylic oxidation sites excluding steroid dienone is 12. The lowest BCUT2D eigenvalue weighted by molar-refractivity contribution is -0.154. The van der Waals surface area contributed by atoms with Crippen molar-refractivity contribution in [3.8, 4) is 0 Å². The fourth-order valence-electron chi connectivity index (χ4n) is 4.41. The Balaban J connectivity index is 3.56. The summed E-state index contributed by atoms with van der Waals surface area (Å²) in [6.45, 7) is 5.10. The van der Waals surface area contributed by atoms with E-state index in [4.69, 9.17) is 9.47 Å². The van der Waals surface area contributed by atoms with Crippen LogP contribution in [0.4, 0.5) is 0 Å². The molecule has 0 saturated carbocycles. The van der Waals surface area contributed by atoms with E-state index in [9.17, 15) is 9.90 Å². The van der Waals surface area contributed by atoms with Gasteiger partial charge in [0, 0.05) is 13.0 Å². The topological polar surface area (TPSA) is 55.8 Å². The highest BCUT2D eigenvalue weighted by Crippen LogP contribution is 2.10. The molecule has 0 aliphatic carbocycles. The number of hydrogen-bond donors (Lipinski definition) is 1. The number of carbonyl (C=O) groups is 1. The third-order valence-electron chi connectivity index (χ3n) is 7.00. The number of aliphatic hydroxyl groups excluding tert-OH is 1. The maximum atomic E-state index is 12.1. The lowest BCUT2D eigenvalue weighted by Crippen LogP contribution is -2.27. The van der Waals surface area contributed by atoms with Crippen LogP contribution in [0.2, 0.25) is 0 Å². The van der Waals surface area contributed by atoms with Crippen molar-refractivity contribution in [3.63, 3.8) is 0 Å². The Morgan fingerprint density at radius 1 is 0.581 bits per heavy atom. The molecule has 1 N–H and O–H groups in total. The predicted molar refractivity (Wildman–Crippen MR) is 186 cm³/mol. The second-order valence-corrected chi connectivity index (χ2v) is 11.2. The van der Waals surface area contributed by atoms with Crippen molar-refractivity contribution in [1.29, 1.82) is 0 Å². The van der Waals surface area contributed by atoms with E-state index in [1.165, 1.54) is 44.9 Å². The van der Waals surface area contributed by atoms with E-state index < -0.39 is 6.10 Å². The Morgan fingerprint density at radius 3 is 1.58 bits per heavy atom. The van der Waals surface area contributed by atoms with Crippen LogP contribution in [0, 0.1) is 0 Å². The van der Waals surface area contributed by atoms with Crippen molar-refractivity contribution in [2.75, 3.05) is 19.8 Å². The fourth-order valence-corrected chi connectivity index (χ4v) is 4.41. The first-order chi connectivity index (χ1) is 21.2. The average molecular weight is 599 g/mol. The van der Waals surface area contributed by atoms with Gasteiger partial charge in [-0.3, -0.25) is 4.79 Å². The lowest BCUT2D eigenvalue weighted by Gasteiger charge is -2.15. The van der Waals surface area contributed by atoms with Gasteiger partial charge in [-0.25, -0.2) is 0 Å². The summed E-state index contributed by atoms with van der Waals surface area (Å²) >= 11 is 0. The van der Waals surface area contributed by atoms with Crippen LogP contribution < -0.4 is 0 Å². The molecule has 0 saturated heterocycles. The number of carbonyl (C=O) groups excluding carboxylic acids is 1. The van der Waals surface area contributed by atoms with E-state index >= 15 is 0 Å². The lowest BCUT2D eigenvalue weighted by atomic mass is 10.1. The molecule has 246 valence electrons. The minimum atomic E-state index is -0.555. The molecule has 0 radical (unpaired) electrons. The van der Waals surface area contributed by atoms with Crippen molar-refractivity contribution in [1.82, 2.24) is 0 Å². The highest BCUT2D eigenvalue weighted by Gasteiger charge is 2.13. The number of aliphatic hydroxyl groups is 1. The van der Waals surface area contributed by atoms with Crippen LogP contribution >= 0.6 is 0 Å². The van der Waals surface area contributed by atoms with E-state index in [1.807, 2.05) is 0 Å². The zero-order valence-corrected chi connectivity index (χ0v) is 27.9. The van der Waals surface area contributed by atoms with E-state index in [0.29, 0.717) is 13.0 Å². The Labute approximate surface area is 266 Å². The van der Waals surface area contributed by atoms with Crippen LogP contribution in [0.15, 0.2) is 72.9 Å². The van der Waals surface area contributed by atoms with Gasteiger partial charge >= 0.3 is 5.97 Å². The third kappa shape index (κ3) is 34.2. The van der Waals surface area contributed by atoms with Gasteiger partial charge < -0.3 is 14.6 Å². The fraction of sp³-hybridized carbons (Fsp3) is 0.667. The SMILES string of the molecule is CC/C=C\C/C=C\C/C=C\C/C=C\CCCCCCC(=O)OC(CO)COCCCCCCCC/C=C\C/C=C\CCC. The minimum absolute atomic E-state index is 0.190. The van der Waals surface area contributed by atoms with Gasteiger partial charge in [-0.1, -0.05) is 132 Å². The summed E-state index contributed by atoms with van der Waals surface area (Å²) in [6, 6.07) is 0. The van der Waals surface area contributed by atoms with Gasteiger partial charge in [-0.15, -0.1) is 0 Å². The first-order valence-corrected chi connectivity index (χ1v) is 17.5. The molecule has 0 bridgehead atoms. The van der Waals surface area contributed by atoms with Crippen molar-refractivity contribution in [2.45, 2.75) is 148 Å². The zero-order valence-electron chi connectivity index (χ0n) is 27.9. The van der Waals surface area contributed by atoms with E-state index in [0.717, 1.165) is 77.0 Å². The second-order valence-electron chi connectivity index (χ2n) is 11.2. The van der Waals surface area contributed by atoms with Gasteiger partial charge in [0.2, 0.25) is 0 Å². The molecule has 0 aromatic heterocycles. The quantitative estimate of drug-likeness (QED) is 0.0490. The van der Waals surface area contributed by atoms with Crippen LogP contribution in [-0.2, 0) is 14.3 Å². The maximum Gasteiger partial charge on any atom is 0.306 e. The van der Waals surface area contributed by atoms with Gasteiger partial charge in [-0.05, 0) is 77.0 Å². The molecule has 0 aliphatic heterocycles. The smallest absolute Gasteiger partial charge is 0.306 e. The van der Waals surface area contributed by atoms with Gasteiger partial charge in [-0.2, -0.15) is 0 Å².